The van der Waals surface area contributed by atoms with E-state index in [4.69, 9.17) is 4.74 Å². The average molecular weight is 300 g/mol. The van der Waals surface area contributed by atoms with E-state index < -0.39 is 0 Å². The first-order valence-corrected chi connectivity index (χ1v) is 6.64. The summed E-state index contributed by atoms with van der Waals surface area (Å²) >= 11 is 2.45. The Kier molecular flexibility index (Phi) is 2.10. The summed E-state index contributed by atoms with van der Waals surface area (Å²) in [6, 6.07) is 10.6. The molecule has 3 aliphatic rings. The van der Waals surface area contributed by atoms with Gasteiger partial charge in [0.25, 0.3) is 0 Å². The van der Waals surface area contributed by atoms with Gasteiger partial charge in [-0.1, -0.05) is 52.9 Å². The number of hydrogen-bond donors (Lipinski definition) is 0. The van der Waals surface area contributed by atoms with E-state index >= 15 is 0 Å². The van der Waals surface area contributed by atoms with Crippen molar-refractivity contribution in [3.63, 3.8) is 0 Å². The number of benzene rings is 1. The minimum Gasteiger partial charge on any atom is -0.366 e. The van der Waals surface area contributed by atoms with Crippen molar-refractivity contribution in [2.45, 2.75) is 24.5 Å². The van der Waals surface area contributed by atoms with Gasteiger partial charge in [-0.15, -0.1) is 0 Å². The number of hydrogen-bond acceptors (Lipinski definition) is 1. The van der Waals surface area contributed by atoms with E-state index in [-0.39, 0.29) is 5.60 Å². The van der Waals surface area contributed by atoms with Crippen LogP contribution in [0, 0.1) is 5.92 Å². The SMILES string of the molecule is ICC12CC(C1)C(c1ccccc1)O2. The van der Waals surface area contributed by atoms with E-state index in [1.165, 1.54) is 18.4 Å². The van der Waals surface area contributed by atoms with Crippen LogP contribution in [0.3, 0.4) is 0 Å². The smallest absolute Gasteiger partial charge is 0.0863 e. The summed E-state index contributed by atoms with van der Waals surface area (Å²) in [6.45, 7) is 0. The molecule has 2 saturated heterocycles. The Balaban J connectivity index is 1.84. The van der Waals surface area contributed by atoms with Gasteiger partial charge in [-0.05, 0) is 24.3 Å². The molecule has 1 aromatic carbocycles. The highest BCUT2D eigenvalue weighted by Crippen LogP contribution is 2.59. The van der Waals surface area contributed by atoms with Gasteiger partial charge >= 0.3 is 0 Å². The van der Waals surface area contributed by atoms with Crippen molar-refractivity contribution in [2.75, 3.05) is 4.43 Å². The van der Waals surface area contributed by atoms with E-state index in [1.807, 2.05) is 0 Å². The maximum atomic E-state index is 6.15. The van der Waals surface area contributed by atoms with Crippen molar-refractivity contribution in [2.24, 2.45) is 5.92 Å². The van der Waals surface area contributed by atoms with Gasteiger partial charge in [-0.3, -0.25) is 0 Å². The number of halogens is 1. The number of rotatable bonds is 2. The van der Waals surface area contributed by atoms with E-state index in [0.717, 1.165) is 10.3 Å². The van der Waals surface area contributed by atoms with Gasteiger partial charge in [0, 0.05) is 4.43 Å². The van der Waals surface area contributed by atoms with Gasteiger partial charge in [0.2, 0.25) is 0 Å². The Morgan fingerprint density at radius 1 is 1.29 bits per heavy atom. The number of alkyl halides is 1. The first kappa shape index (κ1) is 9.16. The highest BCUT2D eigenvalue weighted by molar-refractivity contribution is 14.1. The monoisotopic (exact) mass is 300 g/mol. The lowest BCUT2D eigenvalue weighted by Gasteiger charge is -2.33. The lowest BCUT2D eigenvalue weighted by atomic mass is 9.73. The fraction of sp³-hybridized carbons (Fsp3) is 0.500. The molecular weight excluding hydrogens is 287 g/mol. The molecule has 0 spiro atoms. The fourth-order valence-electron chi connectivity index (χ4n) is 2.70. The molecule has 0 N–H and O–H groups in total. The summed E-state index contributed by atoms with van der Waals surface area (Å²) in [7, 11) is 0. The lowest BCUT2D eigenvalue weighted by molar-refractivity contribution is -0.00176. The van der Waals surface area contributed by atoms with Crippen molar-refractivity contribution >= 4 is 22.6 Å². The molecule has 3 fully saturated rings. The second kappa shape index (κ2) is 3.20. The zero-order chi connectivity index (χ0) is 9.60. The molecule has 1 unspecified atom stereocenters. The van der Waals surface area contributed by atoms with Crippen LogP contribution in [-0.4, -0.2) is 10.0 Å². The molecule has 2 heteroatoms. The van der Waals surface area contributed by atoms with Gasteiger partial charge in [0.1, 0.15) is 0 Å². The fourth-order valence-corrected chi connectivity index (χ4v) is 3.50. The zero-order valence-corrected chi connectivity index (χ0v) is 10.1. The maximum Gasteiger partial charge on any atom is 0.0863 e. The Morgan fingerprint density at radius 2 is 2.00 bits per heavy atom. The molecule has 2 heterocycles. The maximum absolute atomic E-state index is 6.15. The van der Waals surface area contributed by atoms with Crippen LogP contribution < -0.4 is 0 Å². The van der Waals surface area contributed by atoms with Gasteiger partial charge < -0.3 is 4.74 Å². The summed E-state index contributed by atoms with van der Waals surface area (Å²) in [5.41, 5.74) is 1.60. The third-order valence-electron chi connectivity index (χ3n) is 3.45. The minimum atomic E-state index is 0.242. The summed E-state index contributed by atoms with van der Waals surface area (Å²) < 4.78 is 7.29. The van der Waals surface area contributed by atoms with E-state index in [1.54, 1.807) is 0 Å². The molecule has 0 aromatic heterocycles. The average Bonchev–Trinajstić information content (AvgIpc) is 2.73. The molecule has 2 aliphatic heterocycles. The van der Waals surface area contributed by atoms with Crippen LogP contribution in [0.15, 0.2) is 30.3 Å². The number of ether oxygens (including phenoxy) is 1. The molecular formula is C12H13IO. The third kappa shape index (κ3) is 1.23. The Morgan fingerprint density at radius 3 is 2.57 bits per heavy atom. The van der Waals surface area contributed by atoms with Crippen LogP contribution in [0.5, 0.6) is 0 Å². The minimum absolute atomic E-state index is 0.242. The second-order valence-corrected chi connectivity index (χ2v) is 5.20. The summed E-state index contributed by atoms with van der Waals surface area (Å²) in [5.74, 6) is 0.784. The normalized spacial score (nSPS) is 39.5. The molecule has 1 aliphatic carbocycles. The van der Waals surface area contributed by atoms with Gasteiger partial charge in [0.05, 0.1) is 11.7 Å². The topological polar surface area (TPSA) is 9.23 Å². The molecule has 1 saturated carbocycles. The van der Waals surface area contributed by atoms with Crippen LogP contribution in [-0.2, 0) is 4.74 Å². The standard InChI is InChI=1S/C12H13IO/c13-8-12-6-10(7-12)11(14-12)9-4-2-1-3-5-9/h1-5,10-11H,6-8H2. The summed E-state index contributed by atoms with van der Waals surface area (Å²) in [6.07, 6.45) is 2.93. The molecule has 4 rings (SSSR count). The zero-order valence-electron chi connectivity index (χ0n) is 7.95. The first-order valence-electron chi connectivity index (χ1n) is 5.12. The Hall–Kier alpha value is -0.0900. The number of fused-ring (bicyclic) bond motifs is 1. The van der Waals surface area contributed by atoms with Crippen molar-refractivity contribution in [3.05, 3.63) is 35.9 Å². The molecule has 1 aromatic rings. The quantitative estimate of drug-likeness (QED) is 0.601. The van der Waals surface area contributed by atoms with Gasteiger partial charge in [-0.25, -0.2) is 0 Å². The third-order valence-corrected chi connectivity index (χ3v) is 4.84. The molecule has 0 amide bonds. The molecule has 0 radical (unpaired) electrons. The summed E-state index contributed by atoms with van der Waals surface area (Å²) in [4.78, 5) is 0. The van der Waals surface area contributed by atoms with Crippen LogP contribution in [0.25, 0.3) is 0 Å². The molecule has 1 atom stereocenters. The van der Waals surface area contributed by atoms with Gasteiger partial charge in [0.15, 0.2) is 0 Å². The van der Waals surface area contributed by atoms with Crippen molar-refractivity contribution < 1.29 is 4.74 Å². The highest BCUT2D eigenvalue weighted by Gasteiger charge is 2.56. The van der Waals surface area contributed by atoms with Crippen LogP contribution in [0.4, 0.5) is 0 Å². The van der Waals surface area contributed by atoms with Crippen LogP contribution >= 0.6 is 22.6 Å². The van der Waals surface area contributed by atoms with Crippen LogP contribution in [0.1, 0.15) is 24.5 Å². The molecule has 14 heavy (non-hydrogen) atoms. The van der Waals surface area contributed by atoms with Crippen molar-refractivity contribution in [3.8, 4) is 0 Å². The molecule has 74 valence electrons. The largest absolute Gasteiger partial charge is 0.366 e. The molecule has 2 bridgehead atoms. The van der Waals surface area contributed by atoms with E-state index in [0.29, 0.717) is 6.10 Å². The van der Waals surface area contributed by atoms with E-state index in [2.05, 4.69) is 52.9 Å². The Bertz CT molecular complexity index is 329. The first-order chi connectivity index (χ1) is 6.83. The van der Waals surface area contributed by atoms with Crippen molar-refractivity contribution in [1.82, 2.24) is 0 Å². The summed E-state index contributed by atoms with van der Waals surface area (Å²) in [5, 5.41) is 0. The van der Waals surface area contributed by atoms with Crippen molar-refractivity contribution in [1.29, 1.82) is 0 Å². The predicted octanol–water partition coefficient (Wildman–Crippen LogP) is 3.34. The second-order valence-electron chi connectivity index (χ2n) is 4.43. The molecule has 1 nitrogen and oxygen atoms in total. The van der Waals surface area contributed by atoms with E-state index in [9.17, 15) is 0 Å². The lowest BCUT2D eigenvalue weighted by Crippen LogP contribution is -2.37. The Labute approximate surface area is 98.0 Å². The van der Waals surface area contributed by atoms with Gasteiger partial charge in [-0.2, -0.15) is 0 Å². The predicted molar refractivity (Wildman–Crippen MR) is 64.6 cm³/mol. The van der Waals surface area contributed by atoms with Crippen LogP contribution in [0.2, 0.25) is 0 Å². The highest BCUT2D eigenvalue weighted by atomic mass is 127.